The van der Waals surface area contributed by atoms with Gasteiger partial charge in [-0.05, 0) is 45.6 Å². The summed E-state index contributed by atoms with van der Waals surface area (Å²) in [4.78, 5) is 25.8. The highest BCUT2D eigenvalue weighted by atomic mass is 35.5. The lowest BCUT2D eigenvalue weighted by atomic mass is 10.1. The van der Waals surface area contributed by atoms with Crippen molar-refractivity contribution in [1.29, 1.82) is 0 Å². The van der Waals surface area contributed by atoms with Crippen LogP contribution in [0.5, 0.6) is 0 Å². The van der Waals surface area contributed by atoms with Gasteiger partial charge in [0.25, 0.3) is 0 Å². The zero-order valence-corrected chi connectivity index (χ0v) is 24.6. The molecule has 1 aliphatic rings. The number of piperidine rings is 1. The number of alkyl halides is 1. The summed E-state index contributed by atoms with van der Waals surface area (Å²) in [6.07, 6.45) is 12.7. The Hall–Kier alpha value is -2.44. The largest absolute Gasteiger partial charge is 0.495 e. The molecule has 208 valence electrons. The second kappa shape index (κ2) is 19.6. The van der Waals surface area contributed by atoms with Crippen molar-refractivity contribution in [2.24, 2.45) is 5.18 Å². The van der Waals surface area contributed by atoms with Gasteiger partial charge in [0.15, 0.2) is 5.78 Å². The van der Waals surface area contributed by atoms with Gasteiger partial charge in [-0.3, -0.25) is 4.79 Å². The SMILES string of the molecule is C=C/C=c1/c(C(C)=O)cn(CC(CN2CCC(O/C(C)=C/CCC(Cl)C=C)CC2)N=O)c1=C.CC.CC. The average Bonchev–Trinajstić information content (AvgIpc) is 3.22. The predicted molar refractivity (Wildman–Crippen MR) is 160 cm³/mol. The number of carbonyl (C=O) groups excluding carboxylic acids is 1. The smallest absolute Gasteiger partial charge is 0.161 e. The summed E-state index contributed by atoms with van der Waals surface area (Å²) in [7, 11) is 0. The second-order valence-corrected chi connectivity index (χ2v) is 9.10. The van der Waals surface area contributed by atoms with Gasteiger partial charge in [0.05, 0.1) is 11.1 Å². The fourth-order valence-electron chi connectivity index (χ4n) is 4.09. The molecule has 7 heteroatoms. The third-order valence-corrected chi connectivity index (χ3v) is 6.34. The topological polar surface area (TPSA) is 63.9 Å². The third-order valence-electron chi connectivity index (χ3n) is 5.94. The Balaban J connectivity index is 0.00000308. The normalized spacial score (nSPS) is 16.4. The second-order valence-electron chi connectivity index (χ2n) is 8.53. The van der Waals surface area contributed by atoms with Crippen molar-refractivity contribution in [3.8, 4) is 0 Å². The van der Waals surface area contributed by atoms with Crippen LogP contribution in [-0.2, 0) is 11.3 Å². The summed E-state index contributed by atoms with van der Waals surface area (Å²) < 4.78 is 7.93. The minimum Gasteiger partial charge on any atom is -0.495 e. The zero-order valence-electron chi connectivity index (χ0n) is 23.8. The molecule has 37 heavy (non-hydrogen) atoms. The average molecular weight is 534 g/mol. The van der Waals surface area contributed by atoms with Gasteiger partial charge >= 0.3 is 0 Å². The highest BCUT2D eigenvalue weighted by molar-refractivity contribution is 6.21. The van der Waals surface area contributed by atoms with E-state index >= 15 is 0 Å². The molecule has 0 radical (unpaired) electrons. The maximum Gasteiger partial charge on any atom is 0.161 e. The van der Waals surface area contributed by atoms with Crippen molar-refractivity contribution in [2.45, 2.75) is 91.3 Å². The number of halogens is 1. The summed E-state index contributed by atoms with van der Waals surface area (Å²) in [5.74, 6) is 0.884. The van der Waals surface area contributed by atoms with Crippen molar-refractivity contribution in [3.63, 3.8) is 0 Å². The Bertz CT molecular complexity index is 975. The standard InChI is InChI=1S/C26H36ClN3O3.2C2H6/c1-6-9-25-20(4)30(18-26(25)21(5)31)17-23(28-32)16-29-14-12-24(13-15-29)33-19(3)10-8-11-22(27)7-2;2*1-2/h6-7,9-10,18,22-24H,1-2,4,8,11-17H2,3,5H3;2*1-2H3/b19-10+,25-9+;;. The van der Waals surface area contributed by atoms with E-state index in [9.17, 15) is 9.70 Å². The highest BCUT2D eigenvalue weighted by Crippen LogP contribution is 2.18. The van der Waals surface area contributed by atoms with Gasteiger partial charge in [-0.15, -0.1) is 18.2 Å². The summed E-state index contributed by atoms with van der Waals surface area (Å²) in [6, 6.07) is -0.429. The number of hydrogen-bond donors (Lipinski definition) is 0. The molecular formula is C30H48ClN3O3. The van der Waals surface area contributed by atoms with Gasteiger partial charge in [-0.2, -0.15) is 4.91 Å². The van der Waals surface area contributed by atoms with Gasteiger partial charge in [0.1, 0.15) is 12.1 Å². The molecule has 2 rings (SSSR count). The Morgan fingerprint density at radius 3 is 2.32 bits per heavy atom. The Morgan fingerprint density at radius 2 is 1.81 bits per heavy atom. The molecule has 1 fully saturated rings. The number of allylic oxidation sites excluding steroid dienone is 4. The monoisotopic (exact) mass is 533 g/mol. The fourth-order valence-corrected chi connectivity index (χ4v) is 4.22. The zero-order chi connectivity index (χ0) is 28.4. The minimum absolute atomic E-state index is 0.0106. The summed E-state index contributed by atoms with van der Waals surface area (Å²) in [5, 5.41) is 4.78. The van der Waals surface area contributed by atoms with E-state index in [1.165, 1.54) is 6.92 Å². The minimum atomic E-state index is -0.429. The Morgan fingerprint density at radius 1 is 1.19 bits per heavy atom. The van der Waals surface area contributed by atoms with Crippen molar-refractivity contribution < 1.29 is 9.53 Å². The maximum atomic E-state index is 12.0. The fraction of sp³-hybridized carbons (Fsp3) is 0.567. The van der Waals surface area contributed by atoms with Crippen LogP contribution in [0.3, 0.4) is 0 Å². The first-order chi connectivity index (χ1) is 17.8. The van der Waals surface area contributed by atoms with Crippen LogP contribution in [0.15, 0.2) is 48.5 Å². The molecule has 0 N–H and O–H groups in total. The molecule has 2 unspecified atom stereocenters. The van der Waals surface area contributed by atoms with E-state index < -0.39 is 6.04 Å². The Labute approximate surface area is 229 Å². The molecule has 1 aliphatic heterocycles. The number of Topliss-reactive ketones (excluding diaryl/α,β-unsaturated/α-hetero) is 1. The van der Waals surface area contributed by atoms with Crippen molar-refractivity contribution in [1.82, 2.24) is 9.47 Å². The maximum absolute atomic E-state index is 12.0. The number of nitrogens with zero attached hydrogens (tertiary/aromatic N) is 3. The first-order valence-corrected chi connectivity index (χ1v) is 13.9. The molecular weight excluding hydrogens is 486 g/mol. The molecule has 0 amide bonds. The first kappa shape index (κ1) is 34.6. The van der Waals surface area contributed by atoms with Crippen molar-refractivity contribution in [2.75, 3.05) is 19.6 Å². The molecule has 2 atom stereocenters. The number of nitroso groups, excluding NO2 is 1. The van der Waals surface area contributed by atoms with E-state index in [-0.39, 0.29) is 17.3 Å². The van der Waals surface area contributed by atoms with Gasteiger partial charge in [0, 0.05) is 48.5 Å². The molecule has 2 heterocycles. The summed E-state index contributed by atoms with van der Waals surface area (Å²) >= 11 is 6.06. The predicted octanol–water partition coefficient (Wildman–Crippen LogP) is 6.21. The number of ether oxygens (including phenoxy) is 1. The molecule has 1 aromatic heterocycles. The lowest BCUT2D eigenvalue weighted by Gasteiger charge is -2.33. The van der Waals surface area contributed by atoms with Crippen LogP contribution >= 0.6 is 11.6 Å². The molecule has 0 saturated carbocycles. The van der Waals surface area contributed by atoms with Crippen LogP contribution in [-0.4, -0.2) is 52.4 Å². The molecule has 1 aromatic rings. The van der Waals surface area contributed by atoms with E-state index in [0.717, 1.165) is 49.8 Å². The summed E-state index contributed by atoms with van der Waals surface area (Å²) in [5.41, 5.74) is 0.581. The summed E-state index contributed by atoms with van der Waals surface area (Å²) in [6.45, 7) is 25.6. The third kappa shape index (κ3) is 12.1. The van der Waals surface area contributed by atoms with Crippen LogP contribution in [0, 0.1) is 4.91 Å². The van der Waals surface area contributed by atoms with Crippen LogP contribution < -0.4 is 10.6 Å². The van der Waals surface area contributed by atoms with Gasteiger partial charge in [-0.25, -0.2) is 0 Å². The molecule has 1 saturated heterocycles. The lowest BCUT2D eigenvalue weighted by molar-refractivity contribution is 0.0483. The number of likely N-dealkylation sites (tertiary alicyclic amines) is 1. The molecule has 0 aromatic carbocycles. The van der Waals surface area contributed by atoms with Crippen molar-refractivity contribution in [3.05, 3.63) is 64.4 Å². The number of rotatable bonds is 13. The van der Waals surface area contributed by atoms with Gasteiger partial charge < -0.3 is 14.2 Å². The van der Waals surface area contributed by atoms with Gasteiger partial charge in [-0.1, -0.05) is 64.3 Å². The Kier molecular flexibility index (Phi) is 18.3. The molecule has 0 spiro atoms. The molecule has 0 aliphatic carbocycles. The van der Waals surface area contributed by atoms with Crippen LogP contribution in [0.4, 0.5) is 0 Å². The molecule has 0 bridgehead atoms. The van der Waals surface area contributed by atoms with E-state index in [4.69, 9.17) is 16.3 Å². The van der Waals surface area contributed by atoms with Crippen molar-refractivity contribution >= 4 is 30.0 Å². The highest BCUT2D eigenvalue weighted by Gasteiger charge is 2.24. The van der Waals surface area contributed by atoms with E-state index in [0.29, 0.717) is 24.0 Å². The van der Waals surface area contributed by atoms with Crippen LogP contribution in [0.1, 0.15) is 77.6 Å². The lowest BCUT2D eigenvalue weighted by Crippen LogP contribution is -2.42. The van der Waals surface area contributed by atoms with E-state index in [1.54, 1.807) is 24.4 Å². The number of hydrogen-bond acceptors (Lipinski definition) is 5. The molecule has 6 nitrogen and oxygen atoms in total. The van der Waals surface area contributed by atoms with Gasteiger partial charge in [0.2, 0.25) is 0 Å². The van der Waals surface area contributed by atoms with Crippen LogP contribution in [0.2, 0.25) is 0 Å². The van der Waals surface area contributed by atoms with E-state index in [1.807, 2.05) is 39.2 Å². The van der Waals surface area contributed by atoms with E-state index in [2.05, 4.69) is 35.9 Å². The number of ketones is 1. The number of aromatic nitrogens is 1. The first-order valence-electron chi connectivity index (χ1n) is 13.5. The van der Waals surface area contributed by atoms with Crippen LogP contribution in [0.25, 0.3) is 12.7 Å². The number of carbonyl (C=O) groups is 1. The quantitative estimate of drug-likeness (QED) is 0.0993.